The van der Waals surface area contributed by atoms with Crippen molar-refractivity contribution in [2.24, 2.45) is 11.8 Å². The number of anilines is 1. The maximum Gasteiger partial charge on any atom is 0.293 e. The molecule has 1 N–H and O–H groups in total. The van der Waals surface area contributed by atoms with Gasteiger partial charge in [-0.3, -0.25) is 14.9 Å². The summed E-state index contributed by atoms with van der Waals surface area (Å²) in [6.45, 7) is 4.34. The number of nitro groups is 1. The predicted octanol–water partition coefficient (Wildman–Crippen LogP) is 2.53. The smallest absolute Gasteiger partial charge is 0.293 e. The van der Waals surface area contributed by atoms with E-state index >= 15 is 0 Å². The van der Waals surface area contributed by atoms with Gasteiger partial charge in [-0.05, 0) is 56.6 Å². The third kappa shape index (κ3) is 5.52. The van der Waals surface area contributed by atoms with E-state index in [0.717, 1.165) is 37.7 Å². The van der Waals surface area contributed by atoms with E-state index in [-0.39, 0.29) is 41.5 Å². The number of nitrogens with one attached hydrogen (secondary N) is 1. The van der Waals surface area contributed by atoms with Gasteiger partial charge in [0.1, 0.15) is 5.69 Å². The maximum absolute atomic E-state index is 12.9. The van der Waals surface area contributed by atoms with E-state index in [1.54, 1.807) is 0 Å². The maximum atomic E-state index is 12.9. The average Bonchev–Trinajstić information content (AvgIpc) is 2.85. The monoisotopic (exact) mass is 494 g/mol. The summed E-state index contributed by atoms with van der Waals surface area (Å²) in [6.07, 6.45) is 5.56. The van der Waals surface area contributed by atoms with Crippen molar-refractivity contribution in [3.8, 4) is 0 Å². The fourth-order valence-corrected chi connectivity index (χ4v) is 6.55. The summed E-state index contributed by atoms with van der Waals surface area (Å²) in [6, 6.07) is 4.37. The van der Waals surface area contributed by atoms with Crippen molar-refractivity contribution in [3.05, 3.63) is 28.3 Å². The van der Waals surface area contributed by atoms with Crippen molar-refractivity contribution in [2.45, 2.75) is 56.4 Å². The Morgan fingerprint density at radius 3 is 2.32 bits per heavy atom. The Labute approximate surface area is 200 Å². The molecule has 3 aliphatic rings. The minimum Gasteiger partial charge on any atom is -0.379 e. The van der Waals surface area contributed by atoms with E-state index < -0.39 is 14.9 Å². The van der Waals surface area contributed by atoms with Crippen molar-refractivity contribution in [1.82, 2.24) is 9.62 Å². The summed E-state index contributed by atoms with van der Waals surface area (Å²) in [5.41, 5.74) is 0.166. The van der Waals surface area contributed by atoms with Crippen molar-refractivity contribution in [1.29, 1.82) is 0 Å². The van der Waals surface area contributed by atoms with Crippen LogP contribution in [0.3, 0.4) is 0 Å². The largest absolute Gasteiger partial charge is 0.379 e. The Kier molecular flexibility index (Phi) is 7.73. The molecule has 1 aliphatic carbocycles. The van der Waals surface area contributed by atoms with Crippen LogP contribution in [0.4, 0.5) is 11.4 Å². The Morgan fingerprint density at radius 2 is 1.71 bits per heavy atom. The molecule has 188 valence electrons. The van der Waals surface area contributed by atoms with Gasteiger partial charge in [0.25, 0.3) is 5.69 Å². The number of carbonyl (C=O) groups excluding carboxylic acids is 1. The lowest BCUT2D eigenvalue weighted by atomic mass is 9.86. The second kappa shape index (κ2) is 10.6. The second-order valence-electron chi connectivity index (χ2n) is 9.65. The molecule has 10 nitrogen and oxygen atoms in total. The molecule has 1 saturated carbocycles. The summed E-state index contributed by atoms with van der Waals surface area (Å²) in [4.78, 5) is 25.8. The zero-order valence-corrected chi connectivity index (χ0v) is 20.5. The van der Waals surface area contributed by atoms with E-state index in [2.05, 4.69) is 12.2 Å². The van der Waals surface area contributed by atoms with Crippen LogP contribution in [-0.2, 0) is 19.6 Å². The topological polar surface area (TPSA) is 122 Å². The fourth-order valence-electron chi connectivity index (χ4n) is 5.12. The fraction of sp³-hybridized carbons (Fsp3) is 0.696. The molecule has 1 amide bonds. The van der Waals surface area contributed by atoms with Gasteiger partial charge in [-0.1, -0.05) is 6.92 Å². The van der Waals surface area contributed by atoms with Crippen LogP contribution >= 0.6 is 0 Å². The number of nitro benzene ring substituents is 1. The highest BCUT2D eigenvalue weighted by molar-refractivity contribution is 7.89. The summed E-state index contributed by atoms with van der Waals surface area (Å²) in [5, 5.41) is 15.0. The SMILES string of the molecule is CC1CCC(NC(=O)C2CCN(c3ccc(S(=O)(=O)N4CCOCC4)cc3[N+](=O)[O-])CC2)CC1. The first kappa shape index (κ1) is 24.9. The molecule has 0 bridgehead atoms. The van der Waals surface area contributed by atoms with Gasteiger partial charge < -0.3 is 15.0 Å². The molecule has 2 saturated heterocycles. The summed E-state index contributed by atoms with van der Waals surface area (Å²) in [5.74, 6) is 0.707. The van der Waals surface area contributed by atoms with Crippen molar-refractivity contribution >= 4 is 27.3 Å². The number of carbonyl (C=O) groups is 1. The van der Waals surface area contributed by atoms with Crippen LogP contribution < -0.4 is 10.2 Å². The summed E-state index contributed by atoms with van der Waals surface area (Å²) < 4.78 is 32.4. The van der Waals surface area contributed by atoms with Crippen molar-refractivity contribution < 1.29 is 22.9 Å². The molecule has 0 radical (unpaired) electrons. The molecule has 34 heavy (non-hydrogen) atoms. The molecule has 0 spiro atoms. The van der Waals surface area contributed by atoms with Gasteiger partial charge in [0.2, 0.25) is 15.9 Å². The van der Waals surface area contributed by atoms with E-state index in [9.17, 15) is 23.3 Å². The molecule has 4 rings (SSSR count). The van der Waals surface area contributed by atoms with Gasteiger partial charge in [-0.15, -0.1) is 0 Å². The van der Waals surface area contributed by atoms with E-state index in [1.807, 2.05) is 4.90 Å². The highest BCUT2D eigenvalue weighted by Crippen LogP contribution is 2.34. The lowest BCUT2D eigenvalue weighted by Gasteiger charge is -2.34. The number of hydrogen-bond donors (Lipinski definition) is 1. The van der Waals surface area contributed by atoms with Crippen LogP contribution in [0.15, 0.2) is 23.1 Å². The molecule has 11 heteroatoms. The number of piperidine rings is 1. The summed E-state index contributed by atoms with van der Waals surface area (Å²) in [7, 11) is -3.83. The molecule has 3 fully saturated rings. The quantitative estimate of drug-likeness (QED) is 0.476. The van der Waals surface area contributed by atoms with Crippen molar-refractivity contribution in [3.63, 3.8) is 0 Å². The van der Waals surface area contributed by atoms with Gasteiger partial charge >= 0.3 is 0 Å². The summed E-state index contributed by atoms with van der Waals surface area (Å²) >= 11 is 0. The van der Waals surface area contributed by atoms with Gasteiger partial charge in [0.05, 0.1) is 23.0 Å². The first-order chi connectivity index (χ1) is 16.3. The molecule has 0 unspecified atom stereocenters. The van der Waals surface area contributed by atoms with Crippen LogP contribution in [0.5, 0.6) is 0 Å². The zero-order valence-electron chi connectivity index (χ0n) is 19.6. The Balaban J connectivity index is 1.41. The van der Waals surface area contributed by atoms with Crippen LogP contribution in [0.1, 0.15) is 45.4 Å². The zero-order chi connectivity index (χ0) is 24.3. The van der Waals surface area contributed by atoms with Crippen LogP contribution in [0, 0.1) is 22.0 Å². The minimum atomic E-state index is -3.83. The van der Waals surface area contributed by atoms with Gasteiger partial charge in [0, 0.05) is 44.2 Å². The van der Waals surface area contributed by atoms with Crippen molar-refractivity contribution in [2.75, 3.05) is 44.3 Å². The van der Waals surface area contributed by atoms with Gasteiger partial charge in [-0.2, -0.15) is 4.31 Å². The molecule has 2 heterocycles. The standard InChI is InChI=1S/C23H34N4O6S/c1-17-2-4-19(5-3-17)24-23(28)18-8-10-25(11-9-18)21-7-6-20(16-22(21)27(29)30)34(31,32)26-12-14-33-15-13-26/h6-7,16-19H,2-5,8-15H2,1H3,(H,24,28). The molecule has 0 aromatic heterocycles. The lowest BCUT2D eigenvalue weighted by Crippen LogP contribution is -2.45. The number of ether oxygens (including phenoxy) is 1. The number of nitrogens with zero attached hydrogens (tertiary/aromatic N) is 3. The van der Waals surface area contributed by atoms with Crippen LogP contribution in [0.2, 0.25) is 0 Å². The normalized spacial score (nSPS) is 25.1. The number of amides is 1. The molecule has 1 aromatic carbocycles. The Morgan fingerprint density at radius 1 is 1.06 bits per heavy atom. The number of rotatable bonds is 6. The molecule has 0 atom stereocenters. The molecular formula is C23H34N4O6S. The molecule has 2 aliphatic heterocycles. The van der Waals surface area contributed by atoms with Gasteiger partial charge in [0.15, 0.2) is 0 Å². The lowest BCUT2D eigenvalue weighted by molar-refractivity contribution is -0.384. The minimum absolute atomic E-state index is 0.0825. The highest BCUT2D eigenvalue weighted by Gasteiger charge is 2.32. The first-order valence-electron chi connectivity index (χ1n) is 12.2. The Hall–Kier alpha value is -2.24. The third-order valence-corrected chi connectivity index (χ3v) is 9.21. The third-order valence-electron chi connectivity index (χ3n) is 7.32. The average molecular weight is 495 g/mol. The number of hydrogen-bond acceptors (Lipinski definition) is 7. The van der Waals surface area contributed by atoms with E-state index in [0.29, 0.717) is 44.8 Å². The Bertz CT molecular complexity index is 995. The second-order valence-corrected chi connectivity index (χ2v) is 11.6. The first-order valence-corrected chi connectivity index (χ1v) is 13.6. The highest BCUT2D eigenvalue weighted by atomic mass is 32.2. The predicted molar refractivity (Wildman–Crippen MR) is 127 cm³/mol. The van der Waals surface area contributed by atoms with Crippen LogP contribution in [-0.4, -0.2) is 69.0 Å². The van der Waals surface area contributed by atoms with Crippen LogP contribution in [0.25, 0.3) is 0 Å². The number of morpholine rings is 1. The molecular weight excluding hydrogens is 460 g/mol. The number of sulfonamides is 1. The van der Waals surface area contributed by atoms with Gasteiger partial charge in [-0.25, -0.2) is 8.42 Å². The molecule has 1 aromatic rings. The van der Waals surface area contributed by atoms with E-state index in [1.165, 1.54) is 16.4 Å². The number of benzene rings is 1. The van der Waals surface area contributed by atoms with E-state index in [4.69, 9.17) is 4.74 Å².